The van der Waals surface area contributed by atoms with Crippen LogP contribution in [0.15, 0.2) is 36.4 Å². The molecule has 0 heterocycles. The van der Waals surface area contributed by atoms with E-state index in [0.717, 1.165) is 50.1 Å². The highest BCUT2D eigenvalue weighted by Gasteiger charge is 2.18. The predicted octanol–water partition coefficient (Wildman–Crippen LogP) is 5.15. The maximum absolute atomic E-state index is 10.8. The number of hydrogen-bond donors (Lipinski definition) is 4. The van der Waals surface area contributed by atoms with Crippen LogP contribution in [0.25, 0.3) is 0 Å². The standard InChI is InChI=1S/C31H42N2O4/c1-20-11-23(4)29(35)26(14-20)17-32(9-10-34)7-8-33(18-27-15-21(2)12-24(5)30(27)36)19-28-16-22(3)13-25(6)31(28)37/h11-16,34-37H,7-10,17-19H2,1-6H3. The van der Waals surface area contributed by atoms with Crippen LogP contribution in [0, 0.1) is 41.5 Å². The normalized spacial score (nSPS) is 11.6. The zero-order chi connectivity index (χ0) is 27.3. The number of phenols is 3. The van der Waals surface area contributed by atoms with E-state index in [2.05, 4.69) is 9.80 Å². The van der Waals surface area contributed by atoms with Crippen LogP contribution in [0.5, 0.6) is 17.2 Å². The molecule has 0 bridgehead atoms. The molecule has 0 aliphatic rings. The van der Waals surface area contributed by atoms with E-state index in [9.17, 15) is 20.4 Å². The lowest BCUT2D eigenvalue weighted by Crippen LogP contribution is -2.36. The SMILES string of the molecule is Cc1cc(C)c(O)c(CN(CCO)CCN(Cc2cc(C)cc(C)c2O)Cc2cc(C)cc(C)c2O)c1. The van der Waals surface area contributed by atoms with Gasteiger partial charge in [-0.25, -0.2) is 0 Å². The summed E-state index contributed by atoms with van der Waals surface area (Å²) in [5.74, 6) is 0.894. The molecule has 3 aromatic carbocycles. The van der Waals surface area contributed by atoms with Gasteiger partial charge in [0.25, 0.3) is 0 Å². The van der Waals surface area contributed by atoms with Gasteiger partial charge in [-0.05, 0) is 58.2 Å². The van der Waals surface area contributed by atoms with E-state index in [1.807, 2.05) is 77.9 Å². The van der Waals surface area contributed by atoms with Gasteiger partial charge in [0, 0.05) is 56.0 Å². The highest BCUT2D eigenvalue weighted by Crippen LogP contribution is 2.29. The average Bonchev–Trinajstić information content (AvgIpc) is 2.81. The minimum atomic E-state index is 0.0152. The number of aryl methyl sites for hydroxylation is 6. The molecule has 200 valence electrons. The van der Waals surface area contributed by atoms with E-state index in [1.54, 1.807) is 0 Å². The first-order valence-electron chi connectivity index (χ1n) is 12.9. The van der Waals surface area contributed by atoms with E-state index in [1.165, 1.54) is 0 Å². The molecule has 0 radical (unpaired) electrons. The van der Waals surface area contributed by atoms with E-state index in [0.29, 0.717) is 56.5 Å². The molecule has 0 saturated carbocycles. The number of aromatic hydroxyl groups is 3. The fourth-order valence-corrected chi connectivity index (χ4v) is 5.14. The van der Waals surface area contributed by atoms with Gasteiger partial charge in [0.1, 0.15) is 17.2 Å². The summed E-state index contributed by atoms with van der Waals surface area (Å²) in [5.41, 5.74) is 8.34. The molecule has 3 rings (SSSR count). The number of benzene rings is 3. The Hall–Kier alpha value is -3.06. The average molecular weight is 507 g/mol. The molecule has 0 fully saturated rings. The zero-order valence-electron chi connectivity index (χ0n) is 23.1. The Morgan fingerprint density at radius 1 is 0.486 bits per heavy atom. The second-order valence-electron chi connectivity index (χ2n) is 10.5. The first-order chi connectivity index (χ1) is 17.5. The van der Waals surface area contributed by atoms with Crippen LogP contribution in [0.3, 0.4) is 0 Å². The summed E-state index contributed by atoms with van der Waals surface area (Å²) in [4.78, 5) is 4.34. The summed E-state index contributed by atoms with van der Waals surface area (Å²) in [6, 6.07) is 11.9. The Kier molecular flexibility index (Phi) is 9.60. The molecule has 4 N–H and O–H groups in total. The molecule has 0 amide bonds. The Morgan fingerprint density at radius 3 is 1.16 bits per heavy atom. The summed E-state index contributed by atoms with van der Waals surface area (Å²) >= 11 is 0. The third-order valence-corrected chi connectivity index (χ3v) is 6.90. The van der Waals surface area contributed by atoms with Gasteiger partial charge in [-0.1, -0.05) is 53.1 Å². The first kappa shape index (κ1) is 28.5. The highest BCUT2D eigenvalue weighted by molar-refractivity contribution is 5.45. The largest absolute Gasteiger partial charge is 0.507 e. The Bertz CT molecular complexity index is 1180. The zero-order valence-corrected chi connectivity index (χ0v) is 23.1. The molecule has 0 aromatic heterocycles. The van der Waals surface area contributed by atoms with E-state index in [4.69, 9.17) is 0 Å². The van der Waals surface area contributed by atoms with Gasteiger partial charge in [-0.15, -0.1) is 0 Å². The monoisotopic (exact) mass is 506 g/mol. The molecule has 37 heavy (non-hydrogen) atoms. The molecule has 6 heteroatoms. The molecular formula is C31H42N2O4. The second kappa shape index (κ2) is 12.5. The van der Waals surface area contributed by atoms with Crippen LogP contribution in [-0.4, -0.2) is 56.5 Å². The summed E-state index contributed by atoms with van der Waals surface area (Å²) in [7, 11) is 0. The maximum atomic E-state index is 10.8. The molecule has 3 aromatic rings. The molecule has 0 saturated heterocycles. The van der Waals surface area contributed by atoms with Crippen molar-refractivity contribution in [3.63, 3.8) is 0 Å². The second-order valence-corrected chi connectivity index (χ2v) is 10.5. The van der Waals surface area contributed by atoms with Crippen LogP contribution in [0.1, 0.15) is 50.1 Å². The topological polar surface area (TPSA) is 87.4 Å². The fourth-order valence-electron chi connectivity index (χ4n) is 5.14. The Balaban J connectivity index is 1.87. The molecule has 0 aliphatic heterocycles. The van der Waals surface area contributed by atoms with Gasteiger partial charge in [0.15, 0.2) is 0 Å². The van der Waals surface area contributed by atoms with Gasteiger partial charge < -0.3 is 20.4 Å². The molecule has 0 aliphatic carbocycles. The van der Waals surface area contributed by atoms with Crippen molar-refractivity contribution in [1.29, 1.82) is 0 Å². The van der Waals surface area contributed by atoms with E-state index in [-0.39, 0.29) is 6.61 Å². The lowest BCUT2D eigenvalue weighted by Gasteiger charge is -2.29. The summed E-state index contributed by atoms with van der Waals surface area (Å²) in [6.07, 6.45) is 0. The minimum Gasteiger partial charge on any atom is -0.507 e. The number of nitrogens with zero attached hydrogens (tertiary/aromatic N) is 2. The number of hydrogen-bond acceptors (Lipinski definition) is 6. The summed E-state index contributed by atoms with van der Waals surface area (Å²) < 4.78 is 0. The van der Waals surface area contributed by atoms with E-state index < -0.39 is 0 Å². The van der Waals surface area contributed by atoms with Crippen LogP contribution in [-0.2, 0) is 19.6 Å². The molecule has 6 nitrogen and oxygen atoms in total. The lowest BCUT2D eigenvalue weighted by atomic mass is 10.0. The van der Waals surface area contributed by atoms with Crippen molar-refractivity contribution >= 4 is 0 Å². The fraction of sp³-hybridized carbons (Fsp3) is 0.419. The third kappa shape index (κ3) is 7.48. The minimum absolute atomic E-state index is 0.0152. The Morgan fingerprint density at radius 2 is 0.811 bits per heavy atom. The molecular weight excluding hydrogens is 464 g/mol. The van der Waals surface area contributed by atoms with Crippen LogP contribution in [0.4, 0.5) is 0 Å². The smallest absolute Gasteiger partial charge is 0.122 e. The van der Waals surface area contributed by atoms with E-state index >= 15 is 0 Å². The van der Waals surface area contributed by atoms with Crippen LogP contribution >= 0.6 is 0 Å². The summed E-state index contributed by atoms with van der Waals surface area (Å²) in [6.45, 7) is 15.1. The molecule has 0 spiro atoms. The molecule has 0 atom stereocenters. The predicted molar refractivity (Wildman–Crippen MR) is 149 cm³/mol. The molecule has 0 unspecified atom stereocenters. The van der Waals surface area contributed by atoms with Crippen LogP contribution < -0.4 is 0 Å². The van der Waals surface area contributed by atoms with Crippen molar-refractivity contribution in [1.82, 2.24) is 9.80 Å². The van der Waals surface area contributed by atoms with Crippen molar-refractivity contribution in [2.45, 2.75) is 61.2 Å². The van der Waals surface area contributed by atoms with Gasteiger partial charge in [-0.3, -0.25) is 9.80 Å². The van der Waals surface area contributed by atoms with Crippen molar-refractivity contribution in [3.8, 4) is 17.2 Å². The first-order valence-corrected chi connectivity index (χ1v) is 12.9. The van der Waals surface area contributed by atoms with Gasteiger partial charge >= 0.3 is 0 Å². The maximum Gasteiger partial charge on any atom is 0.122 e. The van der Waals surface area contributed by atoms with Gasteiger partial charge in [0.2, 0.25) is 0 Å². The lowest BCUT2D eigenvalue weighted by molar-refractivity contribution is 0.155. The number of phenolic OH excluding ortho intramolecular Hbond substituents is 3. The quantitative estimate of drug-likeness (QED) is 0.288. The van der Waals surface area contributed by atoms with Gasteiger partial charge in [0.05, 0.1) is 6.61 Å². The number of aliphatic hydroxyl groups is 1. The van der Waals surface area contributed by atoms with Gasteiger partial charge in [-0.2, -0.15) is 0 Å². The number of aliphatic hydroxyl groups excluding tert-OH is 1. The van der Waals surface area contributed by atoms with Crippen LogP contribution in [0.2, 0.25) is 0 Å². The highest BCUT2D eigenvalue weighted by atomic mass is 16.3. The van der Waals surface area contributed by atoms with Crippen molar-refractivity contribution in [2.75, 3.05) is 26.2 Å². The Labute approximate surface area is 221 Å². The number of rotatable bonds is 11. The third-order valence-electron chi connectivity index (χ3n) is 6.90. The summed E-state index contributed by atoms with van der Waals surface area (Å²) in [5, 5.41) is 41.9. The van der Waals surface area contributed by atoms with Crippen molar-refractivity contribution in [2.24, 2.45) is 0 Å². The van der Waals surface area contributed by atoms with Crippen molar-refractivity contribution < 1.29 is 20.4 Å². The van der Waals surface area contributed by atoms with Crippen molar-refractivity contribution in [3.05, 3.63) is 86.5 Å².